The normalized spacial score (nSPS) is 11.3. The van der Waals surface area contributed by atoms with E-state index in [0.717, 1.165) is 24.3 Å². The highest BCUT2D eigenvalue weighted by atomic mass is 32.2. The monoisotopic (exact) mass is 420 g/mol. The summed E-state index contributed by atoms with van der Waals surface area (Å²) >= 11 is 0. The summed E-state index contributed by atoms with van der Waals surface area (Å²) in [4.78, 5) is 12.0. The van der Waals surface area contributed by atoms with Gasteiger partial charge in [0.05, 0.1) is 10.5 Å². The van der Waals surface area contributed by atoms with Gasteiger partial charge in [-0.15, -0.1) is 0 Å². The van der Waals surface area contributed by atoms with Gasteiger partial charge in [-0.3, -0.25) is 4.79 Å². The van der Waals surface area contributed by atoms with Gasteiger partial charge in [-0.1, -0.05) is 18.2 Å². The fourth-order valence-electron chi connectivity index (χ4n) is 2.47. The Kier molecular flexibility index (Phi) is 6.00. The van der Waals surface area contributed by atoms with E-state index in [1.807, 2.05) is 0 Å². The Morgan fingerprint density at radius 1 is 0.862 bits per heavy atom. The summed E-state index contributed by atoms with van der Waals surface area (Å²) in [7, 11) is -4.07. The van der Waals surface area contributed by atoms with E-state index in [1.54, 1.807) is 0 Å². The zero-order valence-corrected chi connectivity index (χ0v) is 15.6. The highest BCUT2D eigenvalue weighted by Gasteiger charge is 2.19. The molecular weight excluding hydrogens is 405 g/mol. The quantitative estimate of drug-likeness (QED) is 0.636. The fraction of sp³-hybridized carbons (Fsp3) is 0.0500. The van der Waals surface area contributed by atoms with Crippen molar-refractivity contribution >= 4 is 21.6 Å². The molecule has 0 aromatic heterocycles. The number of benzene rings is 3. The lowest BCUT2D eigenvalue weighted by Crippen LogP contribution is -2.24. The van der Waals surface area contributed by atoms with Crippen LogP contribution in [0.2, 0.25) is 0 Å². The highest BCUT2D eigenvalue weighted by molar-refractivity contribution is 7.89. The largest absolute Gasteiger partial charge is 0.322 e. The minimum Gasteiger partial charge on any atom is -0.322 e. The third-order valence-electron chi connectivity index (χ3n) is 3.95. The first-order chi connectivity index (χ1) is 13.7. The van der Waals surface area contributed by atoms with E-state index in [4.69, 9.17) is 0 Å². The number of amides is 1. The Balaban J connectivity index is 1.79. The molecule has 3 aromatic rings. The van der Waals surface area contributed by atoms with Crippen LogP contribution in [0.25, 0.3) is 0 Å². The molecular formula is C20H15F3N2O3S. The van der Waals surface area contributed by atoms with Gasteiger partial charge in [-0.05, 0) is 54.1 Å². The van der Waals surface area contributed by atoms with Crippen LogP contribution in [-0.4, -0.2) is 14.3 Å². The maximum Gasteiger partial charge on any atom is 0.258 e. The van der Waals surface area contributed by atoms with Crippen molar-refractivity contribution in [3.63, 3.8) is 0 Å². The topological polar surface area (TPSA) is 75.3 Å². The first kappa shape index (κ1) is 20.6. The van der Waals surface area contributed by atoms with Crippen LogP contribution in [0.1, 0.15) is 15.9 Å². The molecule has 0 aliphatic rings. The number of sulfonamides is 1. The van der Waals surface area contributed by atoms with Crippen LogP contribution in [0.4, 0.5) is 18.9 Å². The Morgan fingerprint density at radius 3 is 2.28 bits per heavy atom. The molecule has 0 heterocycles. The summed E-state index contributed by atoms with van der Waals surface area (Å²) in [5, 5.41) is 2.31. The number of hydrogen-bond donors (Lipinski definition) is 2. The molecule has 0 atom stereocenters. The number of halogens is 3. The van der Waals surface area contributed by atoms with E-state index in [2.05, 4.69) is 10.0 Å². The van der Waals surface area contributed by atoms with Gasteiger partial charge < -0.3 is 5.32 Å². The molecule has 9 heteroatoms. The van der Waals surface area contributed by atoms with Crippen LogP contribution in [-0.2, 0) is 16.6 Å². The molecule has 0 spiro atoms. The maximum absolute atomic E-state index is 14.1. The van der Waals surface area contributed by atoms with Gasteiger partial charge in [0.25, 0.3) is 5.91 Å². The van der Waals surface area contributed by atoms with Crippen molar-refractivity contribution < 1.29 is 26.4 Å². The molecule has 29 heavy (non-hydrogen) atoms. The van der Waals surface area contributed by atoms with Crippen LogP contribution < -0.4 is 10.0 Å². The number of nitrogens with one attached hydrogen (secondary N) is 2. The summed E-state index contributed by atoms with van der Waals surface area (Å²) in [6, 6.07) is 13.0. The summed E-state index contributed by atoms with van der Waals surface area (Å²) < 4.78 is 67.5. The van der Waals surface area contributed by atoms with Crippen molar-refractivity contribution in [3.8, 4) is 0 Å². The van der Waals surface area contributed by atoms with E-state index >= 15 is 0 Å². The molecule has 0 aliphatic heterocycles. The number of carbonyl (C=O) groups is 1. The van der Waals surface area contributed by atoms with Crippen molar-refractivity contribution in [2.24, 2.45) is 0 Å². The number of anilines is 1. The molecule has 0 saturated heterocycles. The average Bonchev–Trinajstić information content (AvgIpc) is 2.67. The zero-order valence-electron chi connectivity index (χ0n) is 14.8. The van der Waals surface area contributed by atoms with Crippen molar-refractivity contribution in [1.82, 2.24) is 4.72 Å². The van der Waals surface area contributed by atoms with E-state index in [1.165, 1.54) is 42.5 Å². The van der Waals surface area contributed by atoms with Gasteiger partial charge in [0.2, 0.25) is 10.0 Å². The molecule has 0 radical (unpaired) electrons. The van der Waals surface area contributed by atoms with Crippen molar-refractivity contribution in [2.45, 2.75) is 11.4 Å². The van der Waals surface area contributed by atoms with Crippen molar-refractivity contribution in [2.75, 3.05) is 5.32 Å². The lowest BCUT2D eigenvalue weighted by Gasteiger charge is -2.10. The standard InChI is InChI=1S/C20H15F3N2O3S/c21-14-6-4-13(5-7-14)12-24-29(27,28)17-8-9-19(23)18(11-17)20(26)25-16-3-1-2-15(22)10-16/h1-11,24H,12H2,(H,25,26). The molecule has 0 bridgehead atoms. The van der Waals surface area contributed by atoms with Gasteiger partial charge in [0, 0.05) is 12.2 Å². The molecule has 3 aromatic carbocycles. The lowest BCUT2D eigenvalue weighted by molar-refractivity contribution is 0.102. The van der Waals surface area contributed by atoms with Gasteiger partial charge >= 0.3 is 0 Å². The second-order valence-corrected chi connectivity index (χ2v) is 7.82. The van der Waals surface area contributed by atoms with Crippen molar-refractivity contribution in [3.05, 3.63) is 95.3 Å². The molecule has 0 aliphatic carbocycles. The molecule has 0 saturated carbocycles. The van der Waals surface area contributed by atoms with E-state index in [9.17, 15) is 26.4 Å². The summed E-state index contributed by atoms with van der Waals surface area (Å²) in [5.41, 5.74) is 0.0946. The van der Waals surface area contributed by atoms with Crippen LogP contribution in [0.15, 0.2) is 71.6 Å². The van der Waals surface area contributed by atoms with Gasteiger partial charge in [-0.25, -0.2) is 26.3 Å². The van der Waals surface area contributed by atoms with E-state index in [0.29, 0.717) is 5.56 Å². The van der Waals surface area contributed by atoms with Gasteiger partial charge in [0.1, 0.15) is 17.5 Å². The zero-order chi connectivity index (χ0) is 21.0. The first-order valence-electron chi connectivity index (χ1n) is 8.35. The molecule has 0 fully saturated rings. The van der Waals surface area contributed by atoms with Gasteiger partial charge in [0.15, 0.2) is 0 Å². The smallest absolute Gasteiger partial charge is 0.258 e. The third-order valence-corrected chi connectivity index (χ3v) is 5.35. The second-order valence-electron chi connectivity index (χ2n) is 6.06. The predicted molar refractivity (Wildman–Crippen MR) is 101 cm³/mol. The summed E-state index contributed by atoms with van der Waals surface area (Å²) in [6.45, 7) is -0.120. The Bertz CT molecular complexity index is 1150. The summed E-state index contributed by atoms with van der Waals surface area (Å²) in [5.74, 6) is -2.91. The van der Waals surface area contributed by atoms with Crippen LogP contribution in [0.3, 0.4) is 0 Å². The number of hydrogen-bond acceptors (Lipinski definition) is 3. The Labute approximate surface area is 165 Å². The van der Waals surface area contributed by atoms with Crippen molar-refractivity contribution in [1.29, 1.82) is 0 Å². The molecule has 3 rings (SSSR count). The van der Waals surface area contributed by atoms with Crippen LogP contribution >= 0.6 is 0 Å². The van der Waals surface area contributed by atoms with E-state index in [-0.39, 0.29) is 17.1 Å². The maximum atomic E-state index is 14.1. The SMILES string of the molecule is O=C(Nc1cccc(F)c1)c1cc(S(=O)(=O)NCc2ccc(F)cc2)ccc1F. The molecule has 150 valence electrons. The summed E-state index contributed by atoms with van der Waals surface area (Å²) in [6.07, 6.45) is 0. The molecule has 1 amide bonds. The predicted octanol–water partition coefficient (Wildman–Crippen LogP) is 3.83. The second kappa shape index (κ2) is 8.46. The lowest BCUT2D eigenvalue weighted by atomic mass is 10.2. The molecule has 0 unspecified atom stereocenters. The highest BCUT2D eigenvalue weighted by Crippen LogP contribution is 2.18. The third kappa shape index (κ3) is 5.21. The average molecular weight is 420 g/mol. The van der Waals surface area contributed by atoms with E-state index < -0.39 is 38.9 Å². The Hall–Kier alpha value is -3.17. The van der Waals surface area contributed by atoms with Crippen LogP contribution in [0.5, 0.6) is 0 Å². The molecule has 2 N–H and O–H groups in total. The number of carbonyl (C=O) groups excluding carboxylic acids is 1. The minimum absolute atomic E-state index is 0.0945. The fourth-order valence-corrected chi connectivity index (χ4v) is 3.52. The molecule has 5 nitrogen and oxygen atoms in total. The number of rotatable bonds is 6. The van der Waals surface area contributed by atoms with Crippen LogP contribution in [0, 0.1) is 17.5 Å². The minimum atomic E-state index is -4.07. The first-order valence-corrected chi connectivity index (χ1v) is 9.83. The van der Waals surface area contributed by atoms with Gasteiger partial charge in [-0.2, -0.15) is 0 Å². The Morgan fingerprint density at radius 2 is 1.59 bits per heavy atom.